The SMILES string of the molecule is COc1ccc(C2=NOC(COc3c(Br)cc(Br)c4cccnc34)C2)cc1. The van der Waals surface area contributed by atoms with Crippen molar-refractivity contribution in [3.8, 4) is 11.5 Å². The molecule has 2 aromatic carbocycles. The van der Waals surface area contributed by atoms with E-state index in [4.69, 9.17) is 14.3 Å². The van der Waals surface area contributed by atoms with Gasteiger partial charge in [-0.05, 0) is 57.9 Å². The Kier molecular flexibility index (Phi) is 5.31. The highest BCUT2D eigenvalue weighted by Gasteiger charge is 2.24. The lowest BCUT2D eigenvalue weighted by molar-refractivity contribution is 0.0473. The predicted octanol–water partition coefficient (Wildman–Crippen LogP) is 5.34. The first-order chi connectivity index (χ1) is 13.2. The van der Waals surface area contributed by atoms with Crippen molar-refractivity contribution in [1.82, 2.24) is 4.98 Å². The average Bonchev–Trinajstić information content (AvgIpc) is 3.17. The summed E-state index contributed by atoms with van der Waals surface area (Å²) in [7, 11) is 1.65. The first kappa shape index (κ1) is 18.3. The van der Waals surface area contributed by atoms with Gasteiger partial charge in [0.05, 0.1) is 17.3 Å². The molecule has 27 heavy (non-hydrogen) atoms. The maximum Gasteiger partial charge on any atom is 0.167 e. The molecule has 1 aromatic heterocycles. The lowest BCUT2D eigenvalue weighted by atomic mass is 10.1. The van der Waals surface area contributed by atoms with Crippen molar-refractivity contribution in [3.63, 3.8) is 0 Å². The molecule has 0 aliphatic carbocycles. The van der Waals surface area contributed by atoms with Gasteiger partial charge < -0.3 is 14.3 Å². The van der Waals surface area contributed by atoms with E-state index in [1.807, 2.05) is 42.5 Å². The fourth-order valence-corrected chi connectivity index (χ4v) is 4.32. The van der Waals surface area contributed by atoms with Gasteiger partial charge in [-0.2, -0.15) is 0 Å². The van der Waals surface area contributed by atoms with E-state index in [9.17, 15) is 0 Å². The highest BCUT2D eigenvalue weighted by atomic mass is 79.9. The van der Waals surface area contributed by atoms with Crippen LogP contribution in [0.25, 0.3) is 10.9 Å². The van der Waals surface area contributed by atoms with Crippen molar-refractivity contribution in [1.29, 1.82) is 0 Å². The zero-order valence-electron chi connectivity index (χ0n) is 14.5. The number of nitrogens with zero attached hydrogens (tertiary/aromatic N) is 2. The Morgan fingerprint density at radius 2 is 1.96 bits per heavy atom. The molecule has 1 aliphatic heterocycles. The second kappa shape index (κ2) is 7.86. The molecule has 5 nitrogen and oxygen atoms in total. The molecule has 4 rings (SSSR count). The molecule has 0 saturated carbocycles. The Morgan fingerprint density at radius 1 is 1.15 bits per heavy atom. The lowest BCUT2D eigenvalue weighted by Crippen LogP contribution is -2.18. The average molecular weight is 492 g/mol. The minimum atomic E-state index is -0.142. The molecule has 138 valence electrons. The van der Waals surface area contributed by atoms with E-state index < -0.39 is 0 Å². The van der Waals surface area contributed by atoms with Gasteiger partial charge >= 0.3 is 0 Å². The third kappa shape index (κ3) is 3.80. The van der Waals surface area contributed by atoms with Crippen molar-refractivity contribution >= 4 is 48.5 Å². The van der Waals surface area contributed by atoms with Gasteiger partial charge in [-0.15, -0.1) is 0 Å². The highest BCUT2D eigenvalue weighted by Crippen LogP contribution is 2.37. The summed E-state index contributed by atoms with van der Waals surface area (Å²) in [5.74, 6) is 1.52. The summed E-state index contributed by atoms with van der Waals surface area (Å²) in [6.07, 6.45) is 2.30. The van der Waals surface area contributed by atoms with Crippen LogP contribution in [0.15, 0.2) is 62.8 Å². The van der Waals surface area contributed by atoms with Gasteiger partial charge in [0.15, 0.2) is 11.9 Å². The summed E-state index contributed by atoms with van der Waals surface area (Å²) in [5.41, 5.74) is 2.73. The monoisotopic (exact) mass is 490 g/mol. The van der Waals surface area contributed by atoms with Gasteiger partial charge in [0.2, 0.25) is 0 Å². The molecule has 0 N–H and O–H groups in total. The first-order valence-electron chi connectivity index (χ1n) is 8.38. The Bertz CT molecular complexity index is 1010. The molecule has 1 atom stereocenters. The summed E-state index contributed by atoms with van der Waals surface area (Å²) >= 11 is 7.13. The van der Waals surface area contributed by atoms with Crippen molar-refractivity contribution < 1.29 is 14.3 Å². The van der Waals surface area contributed by atoms with Crippen molar-refractivity contribution in [2.45, 2.75) is 12.5 Å². The molecular weight excluding hydrogens is 476 g/mol. The third-order valence-electron chi connectivity index (χ3n) is 4.32. The minimum Gasteiger partial charge on any atom is -0.497 e. The second-order valence-electron chi connectivity index (χ2n) is 6.08. The van der Waals surface area contributed by atoms with Crippen LogP contribution in [0.1, 0.15) is 12.0 Å². The molecule has 0 fully saturated rings. The Hall–Kier alpha value is -2.12. The van der Waals surface area contributed by atoms with Crippen molar-refractivity contribution in [3.05, 3.63) is 63.2 Å². The molecule has 0 spiro atoms. The van der Waals surface area contributed by atoms with Crippen molar-refractivity contribution in [2.24, 2.45) is 5.16 Å². The Labute approximate surface area is 173 Å². The van der Waals surface area contributed by atoms with Crippen molar-refractivity contribution in [2.75, 3.05) is 13.7 Å². The number of fused-ring (bicyclic) bond motifs is 1. The van der Waals surface area contributed by atoms with Gasteiger partial charge in [-0.1, -0.05) is 27.2 Å². The standard InChI is InChI=1S/C20H16Br2N2O3/c1-25-13-6-4-12(5-7-13)18-9-14(27-24-18)11-26-20-17(22)10-16(21)15-3-2-8-23-19(15)20/h2-8,10,14H,9,11H2,1H3. The fraction of sp³-hybridized carbons (Fsp3) is 0.200. The first-order valence-corrected chi connectivity index (χ1v) is 9.97. The molecule has 2 heterocycles. The van der Waals surface area contributed by atoms with Gasteiger partial charge in [-0.25, -0.2) is 0 Å². The minimum absolute atomic E-state index is 0.142. The quantitative estimate of drug-likeness (QED) is 0.483. The van der Waals surface area contributed by atoms with Crippen LogP contribution in [0.5, 0.6) is 11.5 Å². The zero-order valence-corrected chi connectivity index (χ0v) is 17.7. The molecule has 0 radical (unpaired) electrons. The molecule has 7 heteroatoms. The van der Waals surface area contributed by atoms with E-state index in [2.05, 4.69) is 42.0 Å². The second-order valence-corrected chi connectivity index (χ2v) is 7.79. The number of aromatic nitrogens is 1. The van der Waals surface area contributed by atoms with Crippen LogP contribution in [-0.2, 0) is 4.84 Å². The smallest absolute Gasteiger partial charge is 0.167 e. The molecule has 1 aliphatic rings. The summed E-state index contributed by atoms with van der Waals surface area (Å²) < 4.78 is 13.1. The van der Waals surface area contributed by atoms with Crippen LogP contribution in [0, 0.1) is 0 Å². The normalized spacial score (nSPS) is 16.1. The number of benzene rings is 2. The number of hydrogen-bond donors (Lipinski definition) is 0. The van der Waals surface area contributed by atoms with Crippen LogP contribution >= 0.6 is 31.9 Å². The van der Waals surface area contributed by atoms with Gasteiger partial charge in [0.25, 0.3) is 0 Å². The summed E-state index contributed by atoms with van der Waals surface area (Å²) in [6.45, 7) is 0.384. The number of hydrogen-bond acceptors (Lipinski definition) is 5. The zero-order chi connectivity index (χ0) is 18.8. The Morgan fingerprint density at radius 3 is 2.74 bits per heavy atom. The van der Waals surface area contributed by atoms with Crippen LogP contribution < -0.4 is 9.47 Å². The number of pyridine rings is 1. The fourth-order valence-electron chi connectivity index (χ4n) is 2.93. The van der Waals surface area contributed by atoms with E-state index >= 15 is 0 Å². The number of halogens is 2. The molecule has 0 saturated heterocycles. The number of methoxy groups -OCH3 is 1. The topological polar surface area (TPSA) is 52.9 Å². The maximum atomic E-state index is 6.06. The number of ether oxygens (including phenoxy) is 2. The van der Waals surface area contributed by atoms with Gasteiger partial charge in [-0.3, -0.25) is 4.98 Å². The molecule has 0 amide bonds. The van der Waals surface area contributed by atoms with Crippen LogP contribution in [-0.4, -0.2) is 30.5 Å². The number of oxime groups is 1. The summed E-state index contributed by atoms with van der Waals surface area (Å²) in [5, 5.41) is 5.21. The molecular formula is C20H16Br2N2O3. The van der Waals surface area contributed by atoms with E-state index in [0.29, 0.717) is 18.8 Å². The molecule has 3 aromatic rings. The van der Waals surface area contributed by atoms with E-state index in [1.165, 1.54) is 0 Å². The van der Waals surface area contributed by atoms with Gasteiger partial charge in [0.1, 0.15) is 17.9 Å². The predicted molar refractivity (Wildman–Crippen MR) is 112 cm³/mol. The summed E-state index contributed by atoms with van der Waals surface area (Å²) in [6, 6.07) is 13.7. The summed E-state index contributed by atoms with van der Waals surface area (Å²) in [4.78, 5) is 10.0. The largest absolute Gasteiger partial charge is 0.497 e. The third-order valence-corrected chi connectivity index (χ3v) is 5.57. The lowest BCUT2D eigenvalue weighted by Gasteiger charge is -2.14. The van der Waals surface area contributed by atoms with Crippen LogP contribution in [0.4, 0.5) is 0 Å². The van der Waals surface area contributed by atoms with Crippen LogP contribution in [0.2, 0.25) is 0 Å². The maximum absolute atomic E-state index is 6.06. The Balaban J connectivity index is 1.46. The van der Waals surface area contributed by atoms with Crippen LogP contribution in [0.3, 0.4) is 0 Å². The van der Waals surface area contributed by atoms with Gasteiger partial charge in [0, 0.05) is 22.5 Å². The number of rotatable bonds is 5. The molecule has 0 bridgehead atoms. The molecule has 1 unspecified atom stereocenters. The van der Waals surface area contributed by atoms with E-state index in [-0.39, 0.29) is 6.10 Å². The highest BCUT2D eigenvalue weighted by molar-refractivity contribution is 9.11. The van der Waals surface area contributed by atoms with E-state index in [1.54, 1.807) is 13.3 Å². The van der Waals surface area contributed by atoms with E-state index in [0.717, 1.165) is 36.9 Å².